The van der Waals surface area contributed by atoms with Crippen LogP contribution < -0.4 is 10.2 Å². The van der Waals surface area contributed by atoms with E-state index < -0.39 is 0 Å². The van der Waals surface area contributed by atoms with Gasteiger partial charge in [-0.1, -0.05) is 44.6 Å². The Bertz CT molecular complexity index is 943. The summed E-state index contributed by atoms with van der Waals surface area (Å²) in [6.07, 6.45) is 4.46. The number of aromatic nitrogens is 2. The van der Waals surface area contributed by atoms with Gasteiger partial charge in [-0.3, -0.25) is 4.90 Å². The maximum absolute atomic E-state index is 4.74. The van der Waals surface area contributed by atoms with Crippen LogP contribution >= 0.6 is 11.3 Å². The van der Waals surface area contributed by atoms with Crippen molar-refractivity contribution in [2.45, 2.75) is 39.5 Å². The number of anilines is 3. The van der Waals surface area contributed by atoms with Crippen LogP contribution in [0.5, 0.6) is 0 Å². The molecule has 1 fully saturated rings. The Morgan fingerprint density at radius 1 is 1.10 bits per heavy atom. The normalized spacial score (nSPS) is 15.4. The van der Waals surface area contributed by atoms with E-state index in [1.807, 2.05) is 6.20 Å². The molecule has 6 heteroatoms. The summed E-state index contributed by atoms with van der Waals surface area (Å²) >= 11 is 1.69. The van der Waals surface area contributed by atoms with Crippen LogP contribution in [0.2, 0.25) is 0 Å². The number of pyridine rings is 1. The molecule has 3 heterocycles. The Kier molecular flexibility index (Phi) is 6.31. The molecule has 1 saturated heterocycles. The Morgan fingerprint density at radius 3 is 2.69 bits per heavy atom. The molecule has 1 aliphatic rings. The highest BCUT2D eigenvalue weighted by Gasteiger charge is 2.17. The lowest BCUT2D eigenvalue weighted by Crippen LogP contribution is -2.46. The third-order valence-electron chi connectivity index (χ3n) is 5.62. The Labute approximate surface area is 177 Å². The van der Waals surface area contributed by atoms with Gasteiger partial charge in [-0.2, -0.15) is 0 Å². The van der Waals surface area contributed by atoms with Gasteiger partial charge >= 0.3 is 0 Å². The van der Waals surface area contributed by atoms with Gasteiger partial charge in [0.05, 0.1) is 10.2 Å². The second kappa shape index (κ2) is 9.09. The van der Waals surface area contributed by atoms with E-state index >= 15 is 0 Å². The van der Waals surface area contributed by atoms with Gasteiger partial charge in [0.15, 0.2) is 5.13 Å². The first kappa shape index (κ1) is 20.1. The number of hydrogen-bond acceptors (Lipinski definition) is 6. The minimum Gasteiger partial charge on any atom is -0.369 e. The summed E-state index contributed by atoms with van der Waals surface area (Å²) in [5.74, 6) is 1.39. The van der Waals surface area contributed by atoms with Crippen molar-refractivity contribution >= 4 is 38.2 Å². The number of unbranched alkanes of at least 4 members (excludes halogenated alkanes) is 1. The second-order valence-electron chi connectivity index (χ2n) is 8.11. The molecule has 1 aromatic carbocycles. The molecule has 4 rings (SSSR count). The van der Waals surface area contributed by atoms with E-state index in [2.05, 4.69) is 71.2 Å². The molecule has 0 saturated carbocycles. The summed E-state index contributed by atoms with van der Waals surface area (Å²) in [5, 5.41) is 4.32. The average molecular weight is 410 g/mol. The third-order valence-corrected chi connectivity index (χ3v) is 6.56. The van der Waals surface area contributed by atoms with Crippen LogP contribution in [-0.2, 0) is 0 Å². The van der Waals surface area contributed by atoms with E-state index in [0.29, 0.717) is 5.92 Å². The zero-order chi connectivity index (χ0) is 20.2. The molecule has 5 nitrogen and oxygen atoms in total. The summed E-state index contributed by atoms with van der Waals surface area (Å²) in [6, 6.07) is 10.8. The molecule has 3 aromatic rings. The molecule has 0 radical (unpaired) electrons. The van der Waals surface area contributed by atoms with Gasteiger partial charge < -0.3 is 10.2 Å². The lowest BCUT2D eigenvalue weighted by atomic mass is 10.0. The van der Waals surface area contributed by atoms with Crippen molar-refractivity contribution in [3.05, 3.63) is 42.1 Å². The fourth-order valence-corrected chi connectivity index (χ4v) is 4.68. The van der Waals surface area contributed by atoms with Gasteiger partial charge in [-0.15, -0.1) is 0 Å². The van der Waals surface area contributed by atoms with Crippen molar-refractivity contribution in [2.24, 2.45) is 0 Å². The smallest absolute Gasteiger partial charge is 0.189 e. The number of nitrogens with zero attached hydrogens (tertiary/aromatic N) is 4. The standard InChI is InChI=1S/C23H31N5S/c1-4-5-10-27-11-13-28(14-12-27)19-8-9-24-22(16-19)26-23-25-20-7-6-18(17(2)3)15-21(20)29-23/h6-9,15-17H,4-5,10-14H2,1-3H3,(H,24,25,26). The summed E-state index contributed by atoms with van der Waals surface area (Å²) < 4.78 is 1.22. The third kappa shape index (κ3) is 4.87. The van der Waals surface area contributed by atoms with Crippen LogP contribution in [0.15, 0.2) is 36.5 Å². The predicted octanol–water partition coefficient (Wildman–Crippen LogP) is 5.48. The molecule has 0 bridgehead atoms. The highest BCUT2D eigenvalue weighted by molar-refractivity contribution is 7.22. The van der Waals surface area contributed by atoms with Crippen molar-refractivity contribution in [3.63, 3.8) is 0 Å². The molecule has 0 aliphatic carbocycles. The minimum atomic E-state index is 0.527. The van der Waals surface area contributed by atoms with E-state index in [4.69, 9.17) is 4.98 Å². The average Bonchev–Trinajstić information content (AvgIpc) is 3.14. The Balaban J connectivity index is 1.43. The molecule has 1 aliphatic heterocycles. The molecule has 2 aromatic heterocycles. The fraction of sp³-hybridized carbons (Fsp3) is 0.478. The molecular weight excluding hydrogens is 378 g/mol. The number of fused-ring (bicyclic) bond motifs is 1. The highest BCUT2D eigenvalue weighted by Crippen LogP contribution is 2.31. The van der Waals surface area contributed by atoms with Crippen LogP contribution in [0.1, 0.15) is 45.1 Å². The van der Waals surface area contributed by atoms with Gasteiger partial charge in [-0.05, 0) is 42.6 Å². The molecule has 0 spiro atoms. The SMILES string of the molecule is CCCCN1CCN(c2ccnc(Nc3nc4ccc(C(C)C)cc4s3)c2)CC1. The monoisotopic (exact) mass is 409 g/mol. The van der Waals surface area contributed by atoms with Crippen LogP contribution in [-0.4, -0.2) is 47.6 Å². The van der Waals surface area contributed by atoms with Crippen LogP contribution in [0.25, 0.3) is 10.2 Å². The Hall–Kier alpha value is -2.18. The van der Waals surface area contributed by atoms with E-state index in [9.17, 15) is 0 Å². The van der Waals surface area contributed by atoms with Crippen LogP contribution in [0.4, 0.5) is 16.6 Å². The zero-order valence-electron chi connectivity index (χ0n) is 17.7. The number of nitrogens with one attached hydrogen (secondary N) is 1. The van der Waals surface area contributed by atoms with Crippen molar-refractivity contribution in [1.29, 1.82) is 0 Å². The van der Waals surface area contributed by atoms with E-state index in [-0.39, 0.29) is 0 Å². The molecule has 0 amide bonds. The lowest BCUT2D eigenvalue weighted by Gasteiger charge is -2.36. The molecule has 154 valence electrons. The fourth-order valence-electron chi connectivity index (χ4n) is 3.76. The van der Waals surface area contributed by atoms with Crippen LogP contribution in [0, 0.1) is 0 Å². The maximum atomic E-state index is 4.74. The highest BCUT2D eigenvalue weighted by atomic mass is 32.1. The molecule has 29 heavy (non-hydrogen) atoms. The second-order valence-corrected chi connectivity index (χ2v) is 9.14. The first-order valence-corrected chi connectivity index (χ1v) is 11.5. The summed E-state index contributed by atoms with van der Waals surface area (Å²) in [6.45, 7) is 12.4. The van der Waals surface area contributed by atoms with E-state index in [0.717, 1.165) is 42.6 Å². The number of hydrogen-bond donors (Lipinski definition) is 1. The first-order chi connectivity index (χ1) is 14.1. The van der Waals surface area contributed by atoms with Gasteiger partial charge in [0, 0.05) is 44.1 Å². The van der Waals surface area contributed by atoms with Crippen molar-refractivity contribution < 1.29 is 0 Å². The number of thiazole rings is 1. The summed E-state index contributed by atoms with van der Waals surface area (Å²) in [5.41, 5.74) is 3.63. The van der Waals surface area contributed by atoms with Gasteiger partial charge in [0.2, 0.25) is 0 Å². The van der Waals surface area contributed by atoms with E-state index in [1.54, 1.807) is 11.3 Å². The van der Waals surface area contributed by atoms with Crippen molar-refractivity contribution in [1.82, 2.24) is 14.9 Å². The molecule has 1 N–H and O–H groups in total. The summed E-state index contributed by atoms with van der Waals surface area (Å²) in [7, 11) is 0. The van der Waals surface area contributed by atoms with Gasteiger partial charge in [-0.25, -0.2) is 9.97 Å². The number of rotatable bonds is 7. The van der Waals surface area contributed by atoms with Gasteiger partial charge in [0.1, 0.15) is 5.82 Å². The molecular formula is C23H31N5S. The largest absolute Gasteiger partial charge is 0.369 e. The molecule has 0 atom stereocenters. The Morgan fingerprint density at radius 2 is 1.93 bits per heavy atom. The number of benzene rings is 1. The topological polar surface area (TPSA) is 44.3 Å². The maximum Gasteiger partial charge on any atom is 0.189 e. The zero-order valence-corrected chi connectivity index (χ0v) is 18.5. The quantitative estimate of drug-likeness (QED) is 0.560. The molecule has 0 unspecified atom stereocenters. The minimum absolute atomic E-state index is 0.527. The van der Waals surface area contributed by atoms with Crippen molar-refractivity contribution in [3.8, 4) is 0 Å². The number of piperazine rings is 1. The van der Waals surface area contributed by atoms with Crippen molar-refractivity contribution in [2.75, 3.05) is 42.9 Å². The van der Waals surface area contributed by atoms with Crippen LogP contribution in [0.3, 0.4) is 0 Å². The lowest BCUT2D eigenvalue weighted by molar-refractivity contribution is 0.254. The summed E-state index contributed by atoms with van der Waals surface area (Å²) in [4.78, 5) is 14.3. The van der Waals surface area contributed by atoms with Gasteiger partial charge in [0.25, 0.3) is 0 Å². The predicted molar refractivity (Wildman–Crippen MR) is 125 cm³/mol. The van der Waals surface area contributed by atoms with E-state index in [1.165, 1.54) is 35.3 Å². The first-order valence-electron chi connectivity index (χ1n) is 10.7.